The van der Waals surface area contributed by atoms with Crippen LogP contribution in [0.1, 0.15) is 92.9 Å². The van der Waals surface area contributed by atoms with Gasteiger partial charge in [0.2, 0.25) is 0 Å². The lowest BCUT2D eigenvalue weighted by Gasteiger charge is -2.48. The molecule has 0 N–H and O–H groups in total. The van der Waals surface area contributed by atoms with Crippen LogP contribution in [0, 0.1) is 5.92 Å². The molecule has 2 heterocycles. The SMILES string of the molecule is CCCC[C@H]1C[C@]2(CO[Si](c3ccccc3)(c3ccccc3)C(C)(C)C)O[C@@H](C[C@@H](C)C(=O)CC(C)=O)CC[C@@H]2O1. The van der Waals surface area contributed by atoms with E-state index in [1.807, 2.05) is 6.92 Å². The Morgan fingerprint density at radius 1 is 1.00 bits per heavy atom. The van der Waals surface area contributed by atoms with E-state index in [-0.39, 0.29) is 47.3 Å². The molecular weight excluding hydrogens is 528 g/mol. The van der Waals surface area contributed by atoms with Crippen LogP contribution in [0.5, 0.6) is 0 Å². The predicted molar refractivity (Wildman–Crippen MR) is 167 cm³/mol. The Morgan fingerprint density at radius 2 is 1.61 bits per heavy atom. The van der Waals surface area contributed by atoms with E-state index in [4.69, 9.17) is 13.9 Å². The van der Waals surface area contributed by atoms with Gasteiger partial charge in [-0.1, -0.05) is 108 Å². The van der Waals surface area contributed by atoms with Gasteiger partial charge >= 0.3 is 0 Å². The first-order valence-electron chi connectivity index (χ1n) is 15.6. The first-order chi connectivity index (χ1) is 19.5. The van der Waals surface area contributed by atoms with E-state index in [0.29, 0.717) is 13.0 Å². The number of benzene rings is 2. The molecule has 0 radical (unpaired) electrons. The topological polar surface area (TPSA) is 61.8 Å². The maximum Gasteiger partial charge on any atom is 0.261 e. The highest BCUT2D eigenvalue weighted by molar-refractivity contribution is 6.99. The maximum absolute atomic E-state index is 12.7. The summed E-state index contributed by atoms with van der Waals surface area (Å²) in [6.45, 7) is 13.0. The highest BCUT2D eigenvalue weighted by Crippen LogP contribution is 2.46. The smallest absolute Gasteiger partial charge is 0.261 e. The van der Waals surface area contributed by atoms with Crippen molar-refractivity contribution in [1.29, 1.82) is 0 Å². The first kappa shape index (κ1) is 31.8. The largest absolute Gasteiger partial charge is 0.404 e. The van der Waals surface area contributed by atoms with E-state index >= 15 is 0 Å². The second-order valence-corrected chi connectivity index (χ2v) is 17.7. The van der Waals surface area contributed by atoms with Gasteiger partial charge in [0, 0.05) is 12.3 Å². The van der Waals surface area contributed by atoms with Crippen molar-refractivity contribution >= 4 is 30.3 Å². The van der Waals surface area contributed by atoms with Crippen molar-refractivity contribution in [3.8, 4) is 0 Å². The zero-order valence-corrected chi connectivity index (χ0v) is 27.0. The fourth-order valence-corrected chi connectivity index (χ4v) is 11.6. The summed E-state index contributed by atoms with van der Waals surface area (Å²) >= 11 is 0. The van der Waals surface area contributed by atoms with Gasteiger partial charge in [0.1, 0.15) is 17.2 Å². The van der Waals surface area contributed by atoms with Crippen LogP contribution in [0.15, 0.2) is 60.7 Å². The Morgan fingerprint density at radius 3 is 2.15 bits per heavy atom. The molecule has 2 aromatic carbocycles. The molecule has 5 atom stereocenters. The third kappa shape index (κ3) is 7.10. The minimum atomic E-state index is -2.76. The number of hydrogen-bond donors (Lipinski definition) is 0. The molecule has 2 aliphatic heterocycles. The zero-order chi connectivity index (χ0) is 29.7. The van der Waals surface area contributed by atoms with Crippen molar-refractivity contribution in [2.75, 3.05) is 6.61 Å². The first-order valence-corrected chi connectivity index (χ1v) is 17.5. The summed E-state index contributed by atoms with van der Waals surface area (Å²) < 4.78 is 21.2. The lowest BCUT2D eigenvalue weighted by molar-refractivity contribution is -0.184. The fourth-order valence-electron chi connectivity index (χ4n) is 7.00. The number of rotatable bonds is 13. The number of fused-ring (bicyclic) bond motifs is 1. The van der Waals surface area contributed by atoms with Gasteiger partial charge in [0.25, 0.3) is 8.32 Å². The number of hydrogen-bond acceptors (Lipinski definition) is 5. The Kier molecular flexibility index (Phi) is 10.4. The van der Waals surface area contributed by atoms with Crippen LogP contribution < -0.4 is 10.4 Å². The van der Waals surface area contributed by atoms with Crippen molar-refractivity contribution < 1.29 is 23.5 Å². The molecule has 2 aromatic rings. The molecule has 4 rings (SSSR count). The van der Waals surface area contributed by atoms with Crippen LogP contribution in [0.25, 0.3) is 0 Å². The highest BCUT2D eigenvalue weighted by Gasteiger charge is 2.57. The number of unbranched alkanes of at least 4 members (excludes halogenated alkanes) is 1. The molecule has 0 spiro atoms. The maximum atomic E-state index is 12.7. The van der Waals surface area contributed by atoms with Gasteiger partial charge in [-0.25, -0.2) is 0 Å². The van der Waals surface area contributed by atoms with Crippen molar-refractivity contribution in [2.45, 2.75) is 122 Å². The zero-order valence-electron chi connectivity index (χ0n) is 26.0. The molecule has 0 unspecified atom stereocenters. The average Bonchev–Trinajstić information content (AvgIpc) is 3.30. The van der Waals surface area contributed by atoms with Crippen LogP contribution in [0.3, 0.4) is 0 Å². The lowest BCUT2D eigenvalue weighted by atomic mass is 9.84. The predicted octanol–water partition coefficient (Wildman–Crippen LogP) is 6.40. The Balaban J connectivity index is 1.67. The molecule has 0 bridgehead atoms. The highest BCUT2D eigenvalue weighted by atomic mass is 28.4. The van der Waals surface area contributed by atoms with Crippen LogP contribution >= 0.6 is 0 Å². The average molecular weight is 579 g/mol. The fraction of sp³-hybridized carbons (Fsp3) is 0.600. The summed E-state index contributed by atoms with van der Waals surface area (Å²) in [6.07, 6.45) is 6.53. The van der Waals surface area contributed by atoms with Gasteiger partial charge in [0.15, 0.2) is 0 Å². The molecular formula is C35H50O5Si. The van der Waals surface area contributed by atoms with E-state index in [1.54, 1.807) is 0 Å². The molecule has 41 heavy (non-hydrogen) atoms. The summed E-state index contributed by atoms with van der Waals surface area (Å²) in [6, 6.07) is 21.5. The van der Waals surface area contributed by atoms with Crippen LogP contribution in [-0.2, 0) is 23.5 Å². The lowest BCUT2D eigenvalue weighted by Crippen LogP contribution is -2.68. The van der Waals surface area contributed by atoms with E-state index < -0.39 is 13.9 Å². The third-order valence-corrected chi connectivity index (χ3v) is 14.1. The van der Waals surface area contributed by atoms with Crippen molar-refractivity contribution in [3.05, 3.63) is 60.7 Å². The molecule has 2 fully saturated rings. The van der Waals surface area contributed by atoms with Crippen LogP contribution in [-0.4, -0.2) is 50.4 Å². The van der Waals surface area contributed by atoms with E-state index in [2.05, 4.69) is 88.4 Å². The second kappa shape index (κ2) is 13.5. The number of Topliss-reactive ketones (excluding diaryl/α,β-unsaturated/α-hetero) is 2. The van der Waals surface area contributed by atoms with Gasteiger partial charge < -0.3 is 13.9 Å². The summed E-state index contributed by atoms with van der Waals surface area (Å²) in [5, 5.41) is 2.37. The summed E-state index contributed by atoms with van der Waals surface area (Å²) in [5.74, 6) is -0.290. The molecule has 0 amide bonds. The molecule has 0 aliphatic carbocycles. The van der Waals surface area contributed by atoms with E-state index in [0.717, 1.165) is 38.5 Å². The van der Waals surface area contributed by atoms with Gasteiger partial charge in [-0.15, -0.1) is 0 Å². The monoisotopic (exact) mass is 578 g/mol. The molecule has 0 aromatic heterocycles. The Bertz CT molecular complexity index is 1100. The Labute approximate surface area is 248 Å². The van der Waals surface area contributed by atoms with Crippen molar-refractivity contribution in [3.63, 3.8) is 0 Å². The van der Waals surface area contributed by atoms with Gasteiger partial charge in [-0.05, 0) is 48.0 Å². The van der Waals surface area contributed by atoms with E-state index in [1.165, 1.54) is 17.3 Å². The minimum absolute atomic E-state index is 0.000816. The number of carbonyl (C=O) groups excluding carboxylic acids is 2. The Hall–Kier alpha value is -2.12. The van der Waals surface area contributed by atoms with Crippen molar-refractivity contribution in [1.82, 2.24) is 0 Å². The van der Waals surface area contributed by atoms with Crippen molar-refractivity contribution in [2.24, 2.45) is 5.92 Å². The molecule has 224 valence electrons. The van der Waals surface area contributed by atoms with Gasteiger partial charge in [0.05, 0.1) is 31.3 Å². The van der Waals surface area contributed by atoms with Crippen LogP contribution in [0.4, 0.5) is 0 Å². The number of carbonyl (C=O) groups is 2. The molecule has 2 aliphatic rings. The standard InChI is InChI=1S/C35H50O5Si/c1-7-8-15-29-24-35(33(39-29)21-20-28(40-35)22-26(2)32(37)23-27(3)36)25-38-41(34(4,5)6,30-16-11-9-12-17-30)31-18-13-10-14-19-31/h9-14,16-19,26,28-29,33H,7-8,15,20-25H2,1-6H3/t26-,28-,29+,33+,35-/m1/s1. The van der Waals surface area contributed by atoms with Gasteiger partial charge in [-0.2, -0.15) is 0 Å². The summed E-state index contributed by atoms with van der Waals surface area (Å²) in [7, 11) is -2.76. The summed E-state index contributed by atoms with van der Waals surface area (Å²) in [5.41, 5.74) is -0.558. The molecule has 0 saturated carbocycles. The second-order valence-electron chi connectivity index (χ2n) is 13.4. The van der Waals surface area contributed by atoms with Crippen LogP contribution in [0.2, 0.25) is 5.04 Å². The van der Waals surface area contributed by atoms with Gasteiger partial charge in [-0.3, -0.25) is 9.59 Å². The quantitative estimate of drug-likeness (QED) is 0.203. The third-order valence-electron chi connectivity index (χ3n) is 9.09. The normalized spacial score (nSPS) is 25.5. The van der Waals surface area contributed by atoms with E-state index in [9.17, 15) is 9.59 Å². The minimum Gasteiger partial charge on any atom is -0.404 e. The number of ketones is 2. The molecule has 2 saturated heterocycles. The number of ether oxygens (including phenoxy) is 2. The molecule has 6 heteroatoms. The summed E-state index contributed by atoms with van der Waals surface area (Å²) in [4.78, 5) is 24.3. The molecule has 5 nitrogen and oxygen atoms in total.